The zero-order valence-corrected chi connectivity index (χ0v) is 8.40. The van der Waals surface area contributed by atoms with Crippen molar-refractivity contribution in [1.29, 1.82) is 0 Å². The molecular formula is C7H17NO2S. The highest BCUT2D eigenvalue weighted by Gasteiger charge is 2.23. The van der Waals surface area contributed by atoms with E-state index in [2.05, 4.69) is 5.32 Å². The van der Waals surface area contributed by atoms with Crippen LogP contribution in [0.1, 0.15) is 20.3 Å². The van der Waals surface area contributed by atoms with Crippen LogP contribution in [0.2, 0.25) is 0 Å². The molecule has 2 unspecified atom stereocenters. The Balaban J connectivity index is 4.42. The lowest BCUT2D eigenvalue weighted by molar-refractivity contribution is 0.521. The van der Waals surface area contributed by atoms with Crippen molar-refractivity contribution in [3.8, 4) is 0 Å². The third-order valence-corrected chi connectivity index (χ3v) is 3.81. The summed E-state index contributed by atoms with van der Waals surface area (Å²) in [5.74, 6) is 0. The van der Waals surface area contributed by atoms with Crippen LogP contribution < -0.4 is 5.32 Å². The molecule has 0 aromatic rings. The average molecular weight is 179 g/mol. The quantitative estimate of drug-likeness (QED) is 0.680. The number of nitrogens with one attached hydrogen (secondary N) is 1. The molecular weight excluding hydrogens is 162 g/mol. The first kappa shape index (κ1) is 10.9. The first-order valence-corrected chi connectivity index (χ1v) is 5.75. The Morgan fingerprint density at radius 3 is 2.00 bits per heavy atom. The van der Waals surface area contributed by atoms with Crippen LogP contribution in [0.3, 0.4) is 0 Å². The molecule has 0 saturated heterocycles. The summed E-state index contributed by atoms with van der Waals surface area (Å²) in [5, 5.41) is 2.69. The van der Waals surface area contributed by atoms with Crippen LogP contribution in [0.25, 0.3) is 0 Å². The van der Waals surface area contributed by atoms with Crippen molar-refractivity contribution < 1.29 is 8.42 Å². The largest absolute Gasteiger partial charge is 0.316 e. The van der Waals surface area contributed by atoms with E-state index >= 15 is 0 Å². The minimum absolute atomic E-state index is 0.0370. The molecule has 0 fully saturated rings. The lowest BCUT2D eigenvalue weighted by Crippen LogP contribution is -2.39. The van der Waals surface area contributed by atoms with Gasteiger partial charge in [0.1, 0.15) is 0 Å². The molecule has 4 heteroatoms. The molecule has 0 aliphatic rings. The molecule has 3 nitrogen and oxygen atoms in total. The van der Waals surface area contributed by atoms with Crippen LogP contribution in [0.15, 0.2) is 0 Å². The monoisotopic (exact) mass is 179 g/mol. The van der Waals surface area contributed by atoms with Crippen molar-refractivity contribution in [2.75, 3.05) is 13.3 Å². The van der Waals surface area contributed by atoms with Crippen LogP contribution in [-0.2, 0) is 9.84 Å². The summed E-state index contributed by atoms with van der Waals surface area (Å²) in [4.78, 5) is 0. The predicted octanol–water partition coefficient (Wildman–Crippen LogP) is 0.418. The van der Waals surface area contributed by atoms with Gasteiger partial charge in [-0.15, -0.1) is 0 Å². The predicted molar refractivity (Wildman–Crippen MR) is 47.4 cm³/mol. The van der Waals surface area contributed by atoms with Gasteiger partial charge in [0.25, 0.3) is 0 Å². The summed E-state index contributed by atoms with van der Waals surface area (Å²) in [6, 6.07) is 0.0370. The molecule has 0 radical (unpaired) electrons. The van der Waals surface area contributed by atoms with Gasteiger partial charge in [-0.1, -0.05) is 6.92 Å². The van der Waals surface area contributed by atoms with Crippen LogP contribution in [0.4, 0.5) is 0 Å². The van der Waals surface area contributed by atoms with Gasteiger partial charge in [0.15, 0.2) is 9.84 Å². The van der Waals surface area contributed by atoms with Crippen molar-refractivity contribution >= 4 is 9.84 Å². The van der Waals surface area contributed by atoms with E-state index in [1.807, 2.05) is 13.8 Å². The zero-order valence-electron chi connectivity index (χ0n) is 7.59. The molecule has 0 saturated carbocycles. The maximum Gasteiger partial charge on any atom is 0.151 e. The number of rotatable bonds is 4. The van der Waals surface area contributed by atoms with Gasteiger partial charge in [-0.25, -0.2) is 8.42 Å². The van der Waals surface area contributed by atoms with E-state index in [1.54, 1.807) is 7.05 Å². The van der Waals surface area contributed by atoms with Crippen LogP contribution in [0.5, 0.6) is 0 Å². The van der Waals surface area contributed by atoms with Gasteiger partial charge >= 0.3 is 0 Å². The summed E-state index contributed by atoms with van der Waals surface area (Å²) < 4.78 is 22.2. The fourth-order valence-electron chi connectivity index (χ4n) is 1.21. The highest BCUT2D eigenvalue weighted by molar-refractivity contribution is 7.91. The third kappa shape index (κ3) is 3.20. The standard InChI is InChI=1S/C7H17NO2S/c1-5-7(6(2)8-3)11(4,9)10/h6-8H,5H2,1-4H3. The van der Waals surface area contributed by atoms with Crippen LogP contribution >= 0.6 is 0 Å². The second-order valence-electron chi connectivity index (χ2n) is 2.85. The number of hydrogen-bond acceptors (Lipinski definition) is 3. The van der Waals surface area contributed by atoms with Gasteiger partial charge in [0, 0.05) is 12.3 Å². The summed E-state index contributed by atoms with van der Waals surface area (Å²) in [5.41, 5.74) is 0. The normalized spacial score (nSPS) is 17.8. The van der Waals surface area contributed by atoms with Crippen molar-refractivity contribution in [2.24, 2.45) is 0 Å². The molecule has 0 aromatic heterocycles. The molecule has 0 amide bonds. The Morgan fingerprint density at radius 2 is 1.91 bits per heavy atom. The molecule has 0 rings (SSSR count). The smallest absolute Gasteiger partial charge is 0.151 e. The molecule has 2 atom stereocenters. The molecule has 0 aromatic carbocycles. The lowest BCUT2D eigenvalue weighted by atomic mass is 10.2. The van der Waals surface area contributed by atoms with Crippen molar-refractivity contribution in [3.63, 3.8) is 0 Å². The summed E-state index contributed by atoms with van der Waals surface area (Å²) in [6.45, 7) is 3.77. The van der Waals surface area contributed by atoms with Gasteiger partial charge < -0.3 is 5.32 Å². The Hall–Kier alpha value is -0.0900. The first-order valence-electron chi connectivity index (χ1n) is 3.79. The molecule has 0 aliphatic carbocycles. The van der Waals surface area contributed by atoms with Gasteiger partial charge in [-0.3, -0.25) is 0 Å². The van der Waals surface area contributed by atoms with Gasteiger partial charge in [-0.05, 0) is 20.4 Å². The SMILES string of the molecule is CCC(C(C)NC)S(C)(=O)=O. The van der Waals surface area contributed by atoms with Gasteiger partial charge in [-0.2, -0.15) is 0 Å². The van der Waals surface area contributed by atoms with Gasteiger partial charge in [0.2, 0.25) is 0 Å². The number of sulfone groups is 1. The molecule has 0 spiro atoms. The summed E-state index contributed by atoms with van der Waals surface area (Å²) >= 11 is 0. The van der Waals surface area contributed by atoms with E-state index in [1.165, 1.54) is 6.26 Å². The molecule has 1 N–H and O–H groups in total. The highest BCUT2D eigenvalue weighted by atomic mass is 32.2. The Kier molecular flexibility index (Phi) is 4.03. The summed E-state index contributed by atoms with van der Waals surface area (Å²) in [7, 11) is -1.11. The average Bonchev–Trinajstić information content (AvgIpc) is 1.86. The Bertz CT molecular complexity index is 198. The van der Waals surface area contributed by atoms with Gasteiger partial charge in [0.05, 0.1) is 5.25 Å². The van der Waals surface area contributed by atoms with E-state index in [0.717, 1.165) is 0 Å². The van der Waals surface area contributed by atoms with E-state index in [9.17, 15) is 8.42 Å². The Labute approximate surface area is 69.1 Å². The van der Waals surface area contributed by atoms with Crippen LogP contribution in [-0.4, -0.2) is 33.0 Å². The molecule has 11 heavy (non-hydrogen) atoms. The topological polar surface area (TPSA) is 46.2 Å². The fourth-order valence-corrected chi connectivity index (χ4v) is 2.70. The van der Waals surface area contributed by atoms with E-state index in [0.29, 0.717) is 6.42 Å². The maximum atomic E-state index is 11.1. The first-order chi connectivity index (χ1) is 4.93. The van der Waals surface area contributed by atoms with Crippen LogP contribution in [0, 0.1) is 0 Å². The minimum Gasteiger partial charge on any atom is -0.316 e. The molecule has 68 valence electrons. The second kappa shape index (κ2) is 4.07. The fraction of sp³-hybridized carbons (Fsp3) is 1.00. The van der Waals surface area contributed by atoms with E-state index < -0.39 is 9.84 Å². The van der Waals surface area contributed by atoms with E-state index in [4.69, 9.17) is 0 Å². The molecule has 0 bridgehead atoms. The highest BCUT2D eigenvalue weighted by Crippen LogP contribution is 2.08. The van der Waals surface area contributed by atoms with E-state index in [-0.39, 0.29) is 11.3 Å². The molecule has 0 aliphatic heterocycles. The maximum absolute atomic E-state index is 11.1. The Morgan fingerprint density at radius 1 is 1.45 bits per heavy atom. The number of hydrogen-bond donors (Lipinski definition) is 1. The summed E-state index contributed by atoms with van der Waals surface area (Å²) in [6.07, 6.45) is 1.95. The van der Waals surface area contributed by atoms with Crippen molar-refractivity contribution in [2.45, 2.75) is 31.6 Å². The van der Waals surface area contributed by atoms with Crippen molar-refractivity contribution in [3.05, 3.63) is 0 Å². The third-order valence-electron chi connectivity index (χ3n) is 1.97. The minimum atomic E-state index is -2.89. The lowest BCUT2D eigenvalue weighted by Gasteiger charge is -2.19. The second-order valence-corrected chi connectivity index (χ2v) is 5.12. The van der Waals surface area contributed by atoms with Crippen molar-refractivity contribution in [1.82, 2.24) is 5.32 Å². The molecule has 0 heterocycles. The zero-order chi connectivity index (χ0) is 9.07.